The van der Waals surface area contributed by atoms with E-state index in [2.05, 4.69) is 0 Å². The monoisotopic (exact) mass is 402 g/mol. The second kappa shape index (κ2) is 7.53. The number of ketones is 1. The summed E-state index contributed by atoms with van der Waals surface area (Å²) in [5.74, 6) is -3.88. The molecule has 2 aromatic carbocycles. The lowest BCUT2D eigenvalue weighted by molar-refractivity contribution is -0.128. The summed E-state index contributed by atoms with van der Waals surface area (Å²) in [6.07, 6.45) is -0.534. The summed E-state index contributed by atoms with van der Waals surface area (Å²) in [6.45, 7) is 0.418. The number of anilines is 1. The third-order valence-corrected chi connectivity index (χ3v) is 5.29. The lowest BCUT2D eigenvalue weighted by Crippen LogP contribution is -2.29. The van der Waals surface area contributed by atoms with Gasteiger partial charge in [-0.1, -0.05) is 30.3 Å². The topological polar surface area (TPSA) is 135 Å². The Kier molecular flexibility index (Phi) is 5.30. The van der Waals surface area contributed by atoms with E-state index >= 15 is 0 Å². The molecule has 3 rings (SSSR count). The van der Waals surface area contributed by atoms with Crippen LogP contribution in [0.25, 0.3) is 0 Å². The van der Waals surface area contributed by atoms with E-state index in [1.54, 1.807) is 29.2 Å². The molecule has 1 aliphatic heterocycles. The fourth-order valence-electron chi connectivity index (χ4n) is 3.19. The number of nitrogens with zero attached hydrogens (tertiary/aromatic N) is 1. The molecule has 1 unspecified atom stereocenters. The number of nitrogens with two attached hydrogens (primary N) is 1. The van der Waals surface area contributed by atoms with Crippen molar-refractivity contribution in [2.45, 2.75) is 18.9 Å². The quantitative estimate of drug-likeness (QED) is 0.529. The van der Waals surface area contributed by atoms with Crippen molar-refractivity contribution in [2.24, 2.45) is 5.73 Å². The van der Waals surface area contributed by atoms with Crippen LogP contribution in [0.3, 0.4) is 0 Å². The molecule has 0 aromatic heterocycles. The van der Waals surface area contributed by atoms with Crippen LogP contribution in [0.5, 0.6) is 0 Å². The Morgan fingerprint density at radius 2 is 1.75 bits per heavy atom. The van der Waals surface area contributed by atoms with E-state index in [1.165, 1.54) is 12.1 Å². The minimum Gasteiger partial charge on any atom is -0.369 e. The molecule has 1 heterocycles. The number of Topliss-reactive ketones (excluding diaryl/α,β-unsaturated/α-hetero) is 1. The minimum atomic E-state index is -4.33. The maximum absolute atomic E-state index is 12.5. The molecule has 9 heteroatoms. The zero-order chi connectivity index (χ0) is 20.5. The van der Waals surface area contributed by atoms with Crippen molar-refractivity contribution in [1.82, 2.24) is 0 Å². The number of amides is 2. The van der Waals surface area contributed by atoms with Crippen molar-refractivity contribution in [3.8, 4) is 0 Å². The number of carbonyl (C=O) groups is 3. The summed E-state index contributed by atoms with van der Waals surface area (Å²) in [5.41, 5.74) is 7.74. The van der Waals surface area contributed by atoms with Gasteiger partial charge in [-0.15, -0.1) is 0 Å². The second-order valence-corrected chi connectivity index (χ2v) is 8.05. The number of rotatable bonds is 7. The van der Waals surface area contributed by atoms with Gasteiger partial charge in [0.25, 0.3) is 16.0 Å². The van der Waals surface area contributed by atoms with Gasteiger partial charge >= 0.3 is 0 Å². The lowest BCUT2D eigenvalue weighted by atomic mass is 9.92. The van der Waals surface area contributed by atoms with Crippen LogP contribution in [-0.4, -0.2) is 36.3 Å². The first-order valence-corrected chi connectivity index (χ1v) is 10.1. The Labute approximate surface area is 161 Å². The molecule has 0 bridgehead atoms. The van der Waals surface area contributed by atoms with Gasteiger partial charge in [0, 0.05) is 17.7 Å². The highest BCUT2D eigenvalue weighted by atomic mass is 32.2. The molecule has 0 spiro atoms. The SMILES string of the molecule is NC(=O)C(C(=O)CCS(=O)(=O)O)c1ccc(N2Cc3ccccc3C2=O)cc1. The van der Waals surface area contributed by atoms with Gasteiger partial charge in [-0.3, -0.25) is 18.9 Å². The van der Waals surface area contributed by atoms with Crippen LogP contribution in [-0.2, 0) is 26.3 Å². The summed E-state index contributed by atoms with van der Waals surface area (Å²) in [4.78, 5) is 38.1. The molecule has 0 fully saturated rings. The Morgan fingerprint density at radius 1 is 1.11 bits per heavy atom. The van der Waals surface area contributed by atoms with E-state index in [1.807, 2.05) is 12.1 Å². The zero-order valence-corrected chi connectivity index (χ0v) is 15.6. The fraction of sp³-hybridized carbons (Fsp3) is 0.211. The molecule has 0 saturated heterocycles. The third kappa shape index (κ3) is 4.10. The molecule has 0 radical (unpaired) electrons. The predicted octanol–water partition coefficient (Wildman–Crippen LogP) is 1.26. The third-order valence-electron chi connectivity index (χ3n) is 4.57. The fourth-order valence-corrected chi connectivity index (χ4v) is 3.65. The van der Waals surface area contributed by atoms with Crippen molar-refractivity contribution < 1.29 is 27.4 Å². The predicted molar refractivity (Wildman–Crippen MR) is 101 cm³/mol. The summed E-state index contributed by atoms with van der Waals surface area (Å²) in [6, 6.07) is 13.5. The standard InChI is InChI=1S/C19H18N2O6S/c20-18(23)17(16(22)9-10-28(25,26)27)12-5-7-14(8-6-12)21-11-13-3-1-2-4-15(13)19(21)24/h1-8,17H,9-11H2,(H2,20,23)(H,25,26,27). The van der Waals surface area contributed by atoms with Gasteiger partial charge < -0.3 is 10.6 Å². The smallest absolute Gasteiger partial charge is 0.265 e. The molecule has 1 aliphatic rings. The molecule has 8 nitrogen and oxygen atoms in total. The van der Waals surface area contributed by atoms with E-state index < -0.39 is 39.9 Å². The van der Waals surface area contributed by atoms with Crippen molar-refractivity contribution in [1.29, 1.82) is 0 Å². The first kappa shape index (κ1) is 19.7. The zero-order valence-electron chi connectivity index (χ0n) is 14.7. The highest BCUT2D eigenvalue weighted by Crippen LogP contribution is 2.29. The van der Waals surface area contributed by atoms with E-state index in [9.17, 15) is 22.8 Å². The van der Waals surface area contributed by atoms with Crippen molar-refractivity contribution in [3.05, 3.63) is 65.2 Å². The highest BCUT2D eigenvalue weighted by Gasteiger charge is 2.30. The summed E-state index contributed by atoms with van der Waals surface area (Å²) < 4.78 is 30.4. The van der Waals surface area contributed by atoms with Crippen molar-refractivity contribution in [2.75, 3.05) is 10.7 Å². The van der Waals surface area contributed by atoms with Crippen LogP contribution in [0, 0.1) is 0 Å². The van der Waals surface area contributed by atoms with Crippen molar-refractivity contribution in [3.63, 3.8) is 0 Å². The van der Waals surface area contributed by atoms with Gasteiger partial charge in [-0.05, 0) is 29.3 Å². The Hall–Kier alpha value is -3.04. The maximum Gasteiger partial charge on any atom is 0.265 e. The first-order valence-electron chi connectivity index (χ1n) is 8.44. The average molecular weight is 402 g/mol. The molecule has 1 atom stereocenters. The number of carbonyl (C=O) groups excluding carboxylic acids is 3. The molecular formula is C19H18N2O6S. The van der Waals surface area contributed by atoms with Crippen LogP contribution in [0.1, 0.15) is 33.8 Å². The van der Waals surface area contributed by atoms with E-state index in [0.29, 0.717) is 23.4 Å². The molecule has 28 heavy (non-hydrogen) atoms. The minimum absolute atomic E-state index is 0.140. The molecule has 0 aliphatic carbocycles. The van der Waals surface area contributed by atoms with Crippen LogP contribution in [0.4, 0.5) is 5.69 Å². The molecule has 2 amide bonds. The largest absolute Gasteiger partial charge is 0.369 e. The average Bonchev–Trinajstić information content (AvgIpc) is 2.97. The summed E-state index contributed by atoms with van der Waals surface area (Å²) in [5, 5.41) is 0. The van der Waals surface area contributed by atoms with Gasteiger partial charge in [0.05, 0.1) is 12.3 Å². The number of fused-ring (bicyclic) bond motifs is 1. The molecule has 2 aromatic rings. The Morgan fingerprint density at radius 3 is 2.32 bits per heavy atom. The molecule has 3 N–H and O–H groups in total. The molecular weight excluding hydrogens is 384 g/mol. The van der Waals surface area contributed by atoms with Crippen LogP contribution < -0.4 is 10.6 Å². The number of hydrogen-bond acceptors (Lipinski definition) is 5. The van der Waals surface area contributed by atoms with Gasteiger partial charge in [0.1, 0.15) is 5.92 Å². The van der Waals surface area contributed by atoms with Gasteiger partial charge in [-0.2, -0.15) is 8.42 Å². The van der Waals surface area contributed by atoms with E-state index in [0.717, 1.165) is 5.56 Å². The van der Waals surface area contributed by atoms with Crippen LogP contribution in [0.15, 0.2) is 48.5 Å². The summed E-state index contributed by atoms with van der Waals surface area (Å²) in [7, 11) is -4.33. The molecule has 0 saturated carbocycles. The Balaban J connectivity index is 1.80. The lowest BCUT2D eigenvalue weighted by Gasteiger charge is -2.18. The van der Waals surface area contributed by atoms with Gasteiger partial charge in [0.15, 0.2) is 5.78 Å². The number of primary amides is 1. The normalized spacial score (nSPS) is 14.6. The Bertz CT molecular complexity index is 1050. The van der Waals surface area contributed by atoms with Crippen LogP contribution >= 0.6 is 0 Å². The number of benzene rings is 2. The maximum atomic E-state index is 12.5. The van der Waals surface area contributed by atoms with Crippen molar-refractivity contribution >= 4 is 33.4 Å². The summed E-state index contributed by atoms with van der Waals surface area (Å²) >= 11 is 0. The van der Waals surface area contributed by atoms with Gasteiger partial charge in [-0.25, -0.2) is 0 Å². The first-order chi connectivity index (χ1) is 13.2. The van der Waals surface area contributed by atoms with E-state index in [-0.39, 0.29) is 5.91 Å². The molecule has 146 valence electrons. The highest BCUT2D eigenvalue weighted by molar-refractivity contribution is 7.85. The van der Waals surface area contributed by atoms with Gasteiger partial charge in [0.2, 0.25) is 5.91 Å². The van der Waals surface area contributed by atoms with E-state index in [4.69, 9.17) is 10.3 Å². The van der Waals surface area contributed by atoms with Crippen LogP contribution in [0.2, 0.25) is 0 Å². The number of hydrogen-bond donors (Lipinski definition) is 2. The second-order valence-electron chi connectivity index (χ2n) is 6.48.